The molecule has 0 N–H and O–H groups in total. The van der Waals surface area contributed by atoms with E-state index in [1.165, 1.54) is 19.3 Å². The van der Waals surface area contributed by atoms with Crippen LogP contribution in [0.5, 0.6) is 0 Å². The molecule has 0 bridgehead atoms. The summed E-state index contributed by atoms with van der Waals surface area (Å²) in [6, 6.07) is 0. The molecule has 0 atom stereocenters. The molecule has 104 valence electrons. The normalized spacial score (nSPS) is 13.8. The smallest absolute Gasteiger partial charge is 0.0269 e. The van der Waals surface area contributed by atoms with Crippen molar-refractivity contribution in [1.29, 1.82) is 0 Å². The maximum absolute atomic E-state index is 2.35. The maximum atomic E-state index is 2.35. The highest BCUT2D eigenvalue weighted by molar-refractivity contribution is 5.10. The summed E-state index contributed by atoms with van der Waals surface area (Å²) in [6.07, 6.45) is 3.72. The predicted molar refractivity (Wildman–Crippen MR) is 82.5 cm³/mol. The molecule has 0 aliphatic carbocycles. The minimum atomic E-state index is 0.487. The molecule has 0 saturated carbocycles. The zero-order chi connectivity index (χ0) is 14.3. The Labute approximate surface area is 111 Å². The van der Waals surface area contributed by atoms with Gasteiger partial charge in [-0.05, 0) is 37.5 Å². The molecule has 0 aliphatic heterocycles. The fourth-order valence-electron chi connectivity index (χ4n) is 1.30. The zero-order valence-corrected chi connectivity index (χ0v) is 14.1. The van der Waals surface area contributed by atoms with Crippen LogP contribution < -0.4 is 0 Å². The van der Waals surface area contributed by atoms with Crippen molar-refractivity contribution in [1.82, 2.24) is 0 Å². The van der Waals surface area contributed by atoms with Crippen LogP contribution in [0.3, 0.4) is 0 Å². The Morgan fingerprint density at radius 3 is 1.35 bits per heavy atom. The molecule has 0 heterocycles. The predicted octanol–water partition coefficient (Wildman–Crippen LogP) is 6.61. The fourth-order valence-corrected chi connectivity index (χ4v) is 1.30. The van der Waals surface area contributed by atoms with Crippen LogP contribution in [0.25, 0.3) is 0 Å². The van der Waals surface area contributed by atoms with Crippen LogP contribution in [0.1, 0.15) is 88.5 Å². The van der Waals surface area contributed by atoms with E-state index in [4.69, 9.17) is 0 Å². The molecule has 0 nitrogen and oxygen atoms in total. The monoisotopic (exact) mass is 240 g/mol. The van der Waals surface area contributed by atoms with Crippen molar-refractivity contribution < 1.29 is 0 Å². The van der Waals surface area contributed by atoms with Crippen LogP contribution in [-0.4, -0.2) is 0 Å². The molecule has 0 saturated heterocycles. The van der Waals surface area contributed by atoms with Gasteiger partial charge in [0.05, 0.1) is 0 Å². The first-order valence-corrected chi connectivity index (χ1v) is 7.08. The standard InChI is InChI=1S/C12H24.C5H12/c1-7-10(3)11(4)9-12(5,6)8-2;1-5(2,3)4/h7-9H2,1-6H3;1-4H3/b11-10+;. The van der Waals surface area contributed by atoms with E-state index in [2.05, 4.69) is 69.2 Å². The topological polar surface area (TPSA) is 0 Å². The van der Waals surface area contributed by atoms with Crippen LogP contribution in [-0.2, 0) is 0 Å². The van der Waals surface area contributed by atoms with Gasteiger partial charge in [-0.1, -0.05) is 73.0 Å². The third kappa shape index (κ3) is 15.7. The molecule has 0 aromatic rings. The minimum Gasteiger partial charge on any atom is -0.0747 e. The van der Waals surface area contributed by atoms with E-state index in [0.717, 1.165) is 0 Å². The van der Waals surface area contributed by atoms with Crippen molar-refractivity contribution in [2.75, 3.05) is 0 Å². The molecule has 17 heavy (non-hydrogen) atoms. The van der Waals surface area contributed by atoms with Gasteiger partial charge in [0.1, 0.15) is 0 Å². The van der Waals surface area contributed by atoms with Crippen LogP contribution >= 0.6 is 0 Å². The van der Waals surface area contributed by atoms with Crippen LogP contribution in [0.4, 0.5) is 0 Å². The lowest BCUT2D eigenvalue weighted by molar-refractivity contribution is 0.347. The van der Waals surface area contributed by atoms with Crippen molar-refractivity contribution in [3.8, 4) is 0 Å². The van der Waals surface area contributed by atoms with Gasteiger partial charge in [0.25, 0.3) is 0 Å². The van der Waals surface area contributed by atoms with Crippen molar-refractivity contribution in [2.24, 2.45) is 10.8 Å². The van der Waals surface area contributed by atoms with E-state index < -0.39 is 0 Å². The summed E-state index contributed by atoms with van der Waals surface area (Å²) in [5.74, 6) is 0. The average molecular weight is 240 g/mol. The SMILES string of the molecule is CC(C)(C)C.CC/C(C)=C(\C)CC(C)(C)CC. The number of allylic oxidation sites excluding steroid dienone is 2. The van der Waals surface area contributed by atoms with Crippen molar-refractivity contribution in [2.45, 2.75) is 88.5 Å². The Hall–Kier alpha value is -0.260. The molecule has 0 aliphatic rings. The van der Waals surface area contributed by atoms with Gasteiger partial charge in [-0.15, -0.1) is 0 Å². The highest BCUT2D eigenvalue weighted by Gasteiger charge is 2.15. The van der Waals surface area contributed by atoms with Gasteiger partial charge < -0.3 is 0 Å². The number of hydrogen-bond acceptors (Lipinski definition) is 0. The molecule has 0 amide bonds. The fraction of sp³-hybridized carbons (Fsp3) is 0.882. The Morgan fingerprint density at radius 1 is 0.765 bits per heavy atom. The molecular weight excluding hydrogens is 204 g/mol. The number of hydrogen-bond donors (Lipinski definition) is 0. The van der Waals surface area contributed by atoms with Crippen molar-refractivity contribution in [3.05, 3.63) is 11.1 Å². The van der Waals surface area contributed by atoms with E-state index in [9.17, 15) is 0 Å². The maximum Gasteiger partial charge on any atom is -0.0269 e. The number of rotatable bonds is 4. The Bertz CT molecular complexity index is 217. The third-order valence-electron chi connectivity index (χ3n) is 2.96. The molecule has 0 fully saturated rings. The molecule has 0 rings (SSSR count). The van der Waals surface area contributed by atoms with E-state index in [1.807, 2.05) is 0 Å². The molecule has 0 spiro atoms. The first-order valence-electron chi connectivity index (χ1n) is 7.08. The van der Waals surface area contributed by atoms with Gasteiger partial charge >= 0.3 is 0 Å². The lowest BCUT2D eigenvalue weighted by atomic mass is 9.82. The third-order valence-corrected chi connectivity index (χ3v) is 2.96. The van der Waals surface area contributed by atoms with Gasteiger partial charge in [0.2, 0.25) is 0 Å². The summed E-state index contributed by atoms with van der Waals surface area (Å²) in [5, 5.41) is 0. The first kappa shape index (κ1) is 19.1. The highest BCUT2D eigenvalue weighted by Crippen LogP contribution is 2.30. The van der Waals surface area contributed by atoms with Gasteiger partial charge in [-0.3, -0.25) is 0 Å². The lowest BCUT2D eigenvalue weighted by Crippen LogP contribution is -2.10. The second-order valence-corrected chi connectivity index (χ2v) is 7.61. The van der Waals surface area contributed by atoms with Gasteiger partial charge in [0.15, 0.2) is 0 Å². The molecule has 0 aromatic carbocycles. The van der Waals surface area contributed by atoms with E-state index in [0.29, 0.717) is 10.8 Å². The van der Waals surface area contributed by atoms with E-state index in [-0.39, 0.29) is 0 Å². The summed E-state index contributed by atoms with van der Waals surface area (Å²) >= 11 is 0. The lowest BCUT2D eigenvalue weighted by Gasteiger charge is -2.23. The summed E-state index contributed by atoms with van der Waals surface area (Å²) in [7, 11) is 0. The van der Waals surface area contributed by atoms with Crippen molar-refractivity contribution >= 4 is 0 Å². The molecule has 0 unspecified atom stereocenters. The van der Waals surface area contributed by atoms with Crippen LogP contribution in [0.2, 0.25) is 0 Å². The molecule has 0 radical (unpaired) electrons. The van der Waals surface area contributed by atoms with E-state index >= 15 is 0 Å². The second-order valence-electron chi connectivity index (χ2n) is 7.61. The van der Waals surface area contributed by atoms with Gasteiger partial charge in [-0.2, -0.15) is 0 Å². The zero-order valence-electron chi connectivity index (χ0n) is 14.1. The molecular formula is C17H36. The first-order chi connectivity index (χ1) is 7.43. The highest BCUT2D eigenvalue weighted by atomic mass is 14.2. The molecule has 0 aromatic heterocycles. The second kappa shape index (κ2) is 7.95. The quantitative estimate of drug-likeness (QED) is 0.485. The summed E-state index contributed by atoms with van der Waals surface area (Å²) < 4.78 is 0. The van der Waals surface area contributed by atoms with Gasteiger partial charge in [-0.25, -0.2) is 0 Å². The van der Waals surface area contributed by atoms with Crippen LogP contribution in [0.15, 0.2) is 11.1 Å². The largest absolute Gasteiger partial charge is 0.0747 e. The Balaban J connectivity index is 0. The van der Waals surface area contributed by atoms with Crippen LogP contribution in [0, 0.1) is 10.8 Å². The Morgan fingerprint density at radius 2 is 1.12 bits per heavy atom. The van der Waals surface area contributed by atoms with Crippen molar-refractivity contribution in [3.63, 3.8) is 0 Å². The van der Waals surface area contributed by atoms with E-state index in [1.54, 1.807) is 11.1 Å². The average Bonchev–Trinajstić information content (AvgIpc) is 2.13. The molecule has 0 heteroatoms. The summed E-state index contributed by atoms with van der Waals surface area (Å²) in [4.78, 5) is 0. The minimum absolute atomic E-state index is 0.487. The summed E-state index contributed by atoms with van der Waals surface area (Å²) in [5.41, 5.74) is 4.14. The van der Waals surface area contributed by atoms with Gasteiger partial charge in [0, 0.05) is 0 Å². The summed E-state index contributed by atoms with van der Waals surface area (Å²) in [6.45, 7) is 22.5. The Kier molecular flexibility index (Phi) is 8.93.